The molecule has 1 saturated carbocycles. The lowest BCUT2D eigenvalue weighted by atomic mass is 10.1. The summed E-state index contributed by atoms with van der Waals surface area (Å²) in [5, 5.41) is 6.10. The van der Waals surface area contributed by atoms with Crippen LogP contribution in [0.2, 0.25) is 0 Å². The first-order chi connectivity index (χ1) is 11.2. The third-order valence-corrected chi connectivity index (χ3v) is 4.48. The third-order valence-electron chi connectivity index (χ3n) is 4.48. The van der Waals surface area contributed by atoms with E-state index in [0.717, 1.165) is 43.1 Å². The van der Waals surface area contributed by atoms with E-state index < -0.39 is 0 Å². The summed E-state index contributed by atoms with van der Waals surface area (Å²) in [4.78, 5) is 25.5. The van der Waals surface area contributed by atoms with E-state index in [4.69, 9.17) is 0 Å². The number of amides is 2. The number of nitrogens with one attached hydrogen (secondary N) is 2. The Labute approximate surface area is 137 Å². The van der Waals surface area contributed by atoms with E-state index in [9.17, 15) is 9.59 Å². The molecule has 1 heterocycles. The Morgan fingerprint density at radius 1 is 1.17 bits per heavy atom. The second kappa shape index (κ2) is 7.59. The van der Waals surface area contributed by atoms with Crippen LogP contribution in [0, 0.1) is 5.92 Å². The molecule has 0 bridgehead atoms. The number of piperidine rings is 1. The molecule has 2 aliphatic rings. The van der Waals surface area contributed by atoms with Crippen LogP contribution in [-0.4, -0.2) is 31.4 Å². The van der Waals surface area contributed by atoms with Gasteiger partial charge in [-0.25, -0.2) is 0 Å². The Kier molecular flexibility index (Phi) is 5.28. The summed E-state index contributed by atoms with van der Waals surface area (Å²) in [6.45, 7) is 2.67. The van der Waals surface area contributed by atoms with Gasteiger partial charge in [0.15, 0.2) is 0 Å². The normalized spacial score (nSPS) is 18.1. The lowest BCUT2D eigenvalue weighted by molar-refractivity contribution is -0.120. The summed E-state index contributed by atoms with van der Waals surface area (Å²) in [6, 6.07) is 7.90. The number of rotatable bonds is 7. The molecule has 5 heteroatoms. The highest BCUT2D eigenvalue weighted by Gasteiger charge is 2.21. The zero-order valence-electron chi connectivity index (χ0n) is 13.5. The first-order valence-corrected chi connectivity index (χ1v) is 8.59. The molecule has 2 fully saturated rings. The Morgan fingerprint density at radius 3 is 2.65 bits per heavy atom. The zero-order chi connectivity index (χ0) is 16.1. The van der Waals surface area contributed by atoms with E-state index in [0.29, 0.717) is 19.5 Å². The molecule has 1 aliphatic carbocycles. The molecular weight excluding hydrogens is 290 g/mol. The van der Waals surface area contributed by atoms with Crippen LogP contribution in [0.25, 0.3) is 0 Å². The summed E-state index contributed by atoms with van der Waals surface area (Å²) in [5.74, 6) is 1.02. The lowest BCUT2D eigenvalue weighted by Crippen LogP contribution is -2.35. The van der Waals surface area contributed by atoms with E-state index in [2.05, 4.69) is 10.6 Å². The molecule has 0 aromatic heterocycles. The van der Waals surface area contributed by atoms with Gasteiger partial charge in [0.2, 0.25) is 11.8 Å². The zero-order valence-corrected chi connectivity index (χ0v) is 13.5. The molecule has 1 aromatic rings. The summed E-state index contributed by atoms with van der Waals surface area (Å²) < 4.78 is 0. The lowest BCUT2D eigenvalue weighted by Gasteiger charge is -2.26. The largest absolute Gasteiger partial charge is 0.351 e. The standard InChI is InChI=1S/C18H25N3O2/c22-17(13-19-11-14-4-5-14)20-12-15-6-8-16(9-7-15)21-10-2-1-3-18(21)23/h6-9,14,19H,1-5,10-13H2,(H,20,22). The molecule has 2 N–H and O–H groups in total. The van der Waals surface area contributed by atoms with Crippen molar-refractivity contribution >= 4 is 17.5 Å². The monoisotopic (exact) mass is 315 g/mol. The van der Waals surface area contributed by atoms with Gasteiger partial charge in [-0.05, 0) is 55.8 Å². The number of carbonyl (C=O) groups excluding carboxylic acids is 2. The molecule has 23 heavy (non-hydrogen) atoms. The van der Waals surface area contributed by atoms with Crippen LogP contribution in [0.15, 0.2) is 24.3 Å². The van der Waals surface area contributed by atoms with E-state index in [1.54, 1.807) is 0 Å². The predicted molar refractivity (Wildman–Crippen MR) is 90.1 cm³/mol. The van der Waals surface area contributed by atoms with Gasteiger partial charge < -0.3 is 15.5 Å². The van der Waals surface area contributed by atoms with Crippen LogP contribution >= 0.6 is 0 Å². The summed E-state index contributed by atoms with van der Waals surface area (Å²) in [6.07, 6.45) is 5.29. The van der Waals surface area contributed by atoms with Crippen molar-refractivity contribution in [1.29, 1.82) is 0 Å². The number of carbonyl (C=O) groups is 2. The fourth-order valence-electron chi connectivity index (χ4n) is 2.85. The molecule has 3 rings (SSSR count). The van der Waals surface area contributed by atoms with E-state index in [1.807, 2.05) is 29.2 Å². The topological polar surface area (TPSA) is 61.4 Å². The van der Waals surface area contributed by atoms with Crippen molar-refractivity contribution in [2.75, 3.05) is 24.5 Å². The van der Waals surface area contributed by atoms with Crippen LogP contribution < -0.4 is 15.5 Å². The fraction of sp³-hybridized carbons (Fsp3) is 0.556. The van der Waals surface area contributed by atoms with Crippen molar-refractivity contribution in [3.8, 4) is 0 Å². The van der Waals surface area contributed by atoms with Gasteiger partial charge in [0.1, 0.15) is 0 Å². The minimum absolute atomic E-state index is 0.0286. The molecule has 0 spiro atoms. The van der Waals surface area contributed by atoms with Gasteiger partial charge in [-0.3, -0.25) is 9.59 Å². The van der Waals surface area contributed by atoms with Gasteiger partial charge in [-0.1, -0.05) is 12.1 Å². The molecule has 1 saturated heterocycles. The van der Waals surface area contributed by atoms with Gasteiger partial charge in [-0.15, -0.1) is 0 Å². The first-order valence-electron chi connectivity index (χ1n) is 8.59. The minimum Gasteiger partial charge on any atom is -0.351 e. The Morgan fingerprint density at radius 2 is 1.96 bits per heavy atom. The maximum Gasteiger partial charge on any atom is 0.234 e. The quantitative estimate of drug-likeness (QED) is 0.807. The predicted octanol–water partition coefficient (Wildman–Crippen LogP) is 1.82. The average Bonchev–Trinajstić information content (AvgIpc) is 3.38. The van der Waals surface area contributed by atoms with Crippen molar-refractivity contribution in [2.24, 2.45) is 5.92 Å². The third kappa shape index (κ3) is 4.79. The number of anilines is 1. The van der Waals surface area contributed by atoms with Crippen LogP contribution in [0.5, 0.6) is 0 Å². The molecule has 0 atom stereocenters. The molecule has 1 aliphatic heterocycles. The average molecular weight is 315 g/mol. The highest BCUT2D eigenvalue weighted by Crippen LogP contribution is 2.27. The van der Waals surface area contributed by atoms with Crippen molar-refractivity contribution in [1.82, 2.24) is 10.6 Å². The van der Waals surface area contributed by atoms with Gasteiger partial charge in [0.05, 0.1) is 6.54 Å². The maximum atomic E-state index is 11.9. The SMILES string of the molecule is O=C(CNCC1CC1)NCc1ccc(N2CCCCC2=O)cc1. The molecule has 2 amide bonds. The molecule has 0 radical (unpaired) electrons. The fourth-order valence-corrected chi connectivity index (χ4v) is 2.85. The van der Waals surface area contributed by atoms with Crippen LogP contribution in [0.1, 0.15) is 37.7 Å². The van der Waals surface area contributed by atoms with Crippen LogP contribution in [0.3, 0.4) is 0 Å². The van der Waals surface area contributed by atoms with Crippen molar-refractivity contribution < 1.29 is 9.59 Å². The second-order valence-corrected chi connectivity index (χ2v) is 6.52. The Hall–Kier alpha value is -1.88. The number of hydrogen-bond acceptors (Lipinski definition) is 3. The number of benzene rings is 1. The van der Waals surface area contributed by atoms with Crippen LogP contribution in [0.4, 0.5) is 5.69 Å². The highest BCUT2D eigenvalue weighted by molar-refractivity contribution is 5.93. The van der Waals surface area contributed by atoms with Gasteiger partial charge in [0.25, 0.3) is 0 Å². The minimum atomic E-state index is 0.0286. The van der Waals surface area contributed by atoms with Gasteiger partial charge in [0, 0.05) is 25.2 Å². The molecule has 0 unspecified atom stereocenters. The molecule has 124 valence electrons. The van der Waals surface area contributed by atoms with E-state index >= 15 is 0 Å². The molecule has 1 aromatic carbocycles. The second-order valence-electron chi connectivity index (χ2n) is 6.52. The van der Waals surface area contributed by atoms with Crippen molar-refractivity contribution in [3.05, 3.63) is 29.8 Å². The van der Waals surface area contributed by atoms with Crippen molar-refractivity contribution in [2.45, 2.75) is 38.6 Å². The molecular formula is C18H25N3O2. The smallest absolute Gasteiger partial charge is 0.234 e. The van der Waals surface area contributed by atoms with Crippen molar-refractivity contribution in [3.63, 3.8) is 0 Å². The number of nitrogens with zero attached hydrogens (tertiary/aromatic N) is 1. The number of hydrogen-bond donors (Lipinski definition) is 2. The van der Waals surface area contributed by atoms with E-state index in [1.165, 1.54) is 12.8 Å². The highest BCUT2D eigenvalue weighted by atomic mass is 16.2. The van der Waals surface area contributed by atoms with E-state index in [-0.39, 0.29) is 11.8 Å². The Bertz CT molecular complexity index is 552. The maximum absolute atomic E-state index is 11.9. The first kappa shape index (κ1) is 16.0. The summed E-state index contributed by atoms with van der Waals surface area (Å²) >= 11 is 0. The van der Waals surface area contributed by atoms with Gasteiger partial charge in [-0.2, -0.15) is 0 Å². The van der Waals surface area contributed by atoms with Gasteiger partial charge >= 0.3 is 0 Å². The molecule has 5 nitrogen and oxygen atoms in total. The summed E-state index contributed by atoms with van der Waals surface area (Å²) in [5.41, 5.74) is 2.00. The Balaban J connectivity index is 1.43. The van der Waals surface area contributed by atoms with Crippen LogP contribution in [-0.2, 0) is 16.1 Å². The summed E-state index contributed by atoms with van der Waals surface area (Å²) in [7, 11) is 0.